The van der Waals surface area contributed by atoms with Gasteiger partial charge in [0.1, 0.15) is 22.1 Å². The van der Waals surface area contributed by atoms with E-state index in [9.17, 15) is 19.5 Å². The van der Waals surface area contributed by atoms with Crippen LogP contribution in [0.4, 0.5) is 5.13 Å². The first-order valence-electron chi connectivity index (χ1n) is 12.2. The summed E-state index contributed by atoms with van der Waals surface area (Å²) in [5.74, 6) is -1.38. The van der Waals surface area contributed by atoms with Crippen LogP contribution in [0.3, 0.4) is 0 Å². The number of carbonyl (C=O) groups is 3. The van der Waals surface area contributed by atoms with Crippen LogP contribution in [-0.2, 0) is 14.3 Å². The topological polar surface area (TPSA) is 115 Å². The molecule has 1 N–H and O–H groups in total. The Hall–Kier alpha value is -4.18. The van der Waals surface area contributed by atoms with Gasteiger partial charge in [0, 0.05) is 5.56 Å². The highest BCUT2D eigenvalue weighted by molar-refractivity contribution is 7.17. The lowest BCUT2D eigenvalue weighted by Gasteiger charge is -2.23. The molecule has 2 heterocycles. The fourth-order valence-corrected chi connectivity index (χ4v) is 5.15. The van der Waals surface area contributed by atoms with Crippen molar-refractivity contribution in [2.45, 2.75) is 33.7 Å². The molecule has 0 spiro atoms. The molecule has 1 saturated heterocycles. The van der Waals surface area contributed by atoms with Crippen molar-refractivity contribution in [2.75, 3.05) is 24.7 Å². The van der Waals surface area contributed by atoms with E-state index in [0.29, 0.717) is 41.5 Å². The van der Waals surface area contributed by atoms with Crippen LogP contribution >= 0.6 is 11.3 Å². The van der Waals surface area contributed by atoms with E-state index in [1.54, 1.807) is 62.4 Å². The summed E-state index contributed by atoms with van der Waals surface area (Å²) in [6, 6.07) is 12.5. The molecule has 3 aromatic rings. The van der Waals surface area contributed by atoms with Gasteiger partial charge in [0.05, 0.1) is 37.1 Å². The van der Waals surface area contributed by atoms with E-state index in [4.69, 9.17) is 14.2 Å². The summed E-state index contributed by atoms with van der Waals surface area (Å²) in [6.07, 6.45) is 0. The molecule has 1 aromatic heterocycles. The molecule has 0 saturated carbocycles. The molecule has 1 fully saturated rings. The molecule has 0 aliphatic carbocycles. The predicted molar refractivity (Wildman–Crippen MR) is 143 cm³/mol. The zero-order chi connectivity index (χ0) is 27.4. The van der Waals surface area contributed by atoms with Gasteiger partial charge in [-0.2, -0.15) is 0 Å². The number of aryl methyl sites for hydroxylation is 1. The van der Waals surface area contributed by atoms with Gasteiger partial charge in [-0.15, -0.1) is 0 Å². The Balaban J connectivity index is 1.86. The molecule has 38 heavy (non-hydrogen) atoms. The standard InChI is InChI=1S/C28H28N2O7S/c1-5-35-19-12-8-17(9-13-19)22-21(23(31)18-10-14-20(15-11-18)36-6-2)24(32)26(33)30(22)28-29-16(4)25(38-28)27(34)37-7-3/h8-15,22,31H,5-7H2,1-4H3/b23-21+. The molecule has 1 atom stereocenters. The first-order valence-corrected chi connectivity index (χ1v) is 13.0. The summed E-state index contributed by atoms with van der Waals surface area (Å²) < 4.78 is 16.1. The molecule has 0 radical (unpaired) electrons. The minimum absolute atomic E-state index is 0.0890. The van der Waals surface area contributed by atoms with Crippen molar-refractivity contribution in [3.05, 3.63) is 75.8 Å². The van der Waals surface area contributed by atoms with Gasteiger partial charge in [0.15, 0.2) is 5.13 Å². The van der Waals surface area contributed by atoms with Gasteiger partial charge in [0.2, 0.25) is 0 Å². The molecule has 1 amide bonds. The summed E-state index contributed by atoms with van der Waals surface area (Å²) in [7, 11) is 0. The number of aromatic nitrogens is 1. The molecule has 1 aliphatic heterocycles. The maximum atomic E-state index is 13.4. The number of hydrogen-bond acceptors (Lipinski definition) is 9. The zero-order valence-corrected chi connectivity index (χ0v) is 22.3. The number of nitrogens with zero attached hydrogens (tertiary/aromatic N) is 2. The summed E-state index contributed by atoms with van der Waals surface area (Å²) in [5.41, 5.74) is 1.20. The zero-order valence-electron chi connectivity index (χ0n) is 21.5. The third-order valence-electron chi connectivity index (χ3n) is 5.84. The molecule has 198 valence electrons. The summed E-state index contributed by atoms with van der Waals surface area (Å²) in [6.45, 7) is 8.20. The molecule has 4 rings (SSSR count). The molecule has 0 bridgehead atoms. The van der Waals surface area contributed by atoms with Crippen molar-refractivity contribution in [3.63, 3.8) is 0 Å². The van der Waals surface area contributed by atoms with Gasteiger partial charge in [-0.25, -0.2) is 9.78 Å². The van der Waals surface area contributed by atoms with Crippen LogP contribution in [0.5, 0.6) is 11.5 Å². The highest BCUT2D eigenvalue weighted by Crippen LogP contribution is 2.44. The number of amides is 1. The quantitative estimate of drug-likeness (QED) is 0.175. The van der Waals surface area contributed by atoms with Crippen molar-refractivity contribution < 1.29 is 33.7 Å². The third-order valence-corrected chi connectivity index (χ3v) is 6.98. The fourth-order valence-electron chi connectivity index (χ4n) is 4.16. The molecule has 2 aromatic carbocycles. The molecule has 10 heteroatoms. The van der Waals surface area contributed by atoms with Crippen LogP contribution in [0.2, 0.25) is 0 Å². The maximum Gasteiger partial charge on any atom is 0.350 e. The minimum Gasteiger partial charge on any atom is -0.507 e. The second kappa shape index (κ2) is 11.5. The van der Waals surface area contributed by atoms with Crippen molar-refractivity contribution in [2.24, 2.45) is 0 Å². The smallest absolute Gasteiger partial charge is 0.350 e. The van der Waals surface area contributed by atoms with E-state index >= 15 is 0 Å². The van der Waals surface area contributed by atoms with Gasteiger partial charge in [-0.1, -0.05) is 23.5 Å². The normalized spacial score (nSPS) is 16.5. The number of Topliss-reactive ketones (excluding diaryl/α,β-unsaturated/α-hetero) is 1. The van der Waals surface area contributed by atoms with Gasteiger partial charge in [-0.05, 0) is 69.7 Å². The van der Waals surface area contributed by atoms with Crippen molar-refractivity contribution in [1.29, 1.82) is 0 Å². The summed E-state index contributed by atoms with van der Waals surface area (Å²) in [4.78, 5) is 45.1. The number of carbonyl (C=O) groups excluding carboxylic acids is 3. The Morgan fingerprint density at radius 1 is 0.947 bits per heavy atom. The van der Waals surface area contributed by atoms with E-state index in [1.165, 1.54) is 4.90 Å². The fraction of sp³-hybridized carbons (Fsp3) is 0.286. The summed E-state index contributed by atoms with van der Waals surface area (Å²) >= 11 is 0.959. The van der Waals surface area contributed by atoms with Crippen molar-refractivity contribution >= 4 is 39.9 Å². The van der Waals surface area contributed by atoms with Crippen LogP contribution in [0.15, 0.2) is 54.1 Å². The average molecular weight is 537 g/mol. The number of benzene rings is 2. The number of ketones is 1. The van der Waals surface area contributed by atoms with E-state index in [1.807, 2.05) is 13.8 Å². The number of aliphatic hydroxyl groups excluding tert-OH is 1. The largest absolute Gasteiger partial charge is 0.507 e. The molecule has 9 nitrogen and oxygen atoms in total. The first kappa shape index (κ1) is 26.9. The van der Waals surface area contributed by atoms with Crippen LogP contribution < -0.4 is 14.4 Å². The Bertz CT molecular complexity index is 1380. The molecular weight excluding hydrogens is 508 g/mol. The number of ether oxygens (including phenoxy) is 3. The van der Waals surface area contributed by atoms with Gasteiger partial charge in [0.25, 0.3) is 5.78 Å². The Morgan fingerprint density at radius 3 is 2.08 bits per heavy atom. The maximum absolute atomic E-state index is 13.4. The molecule has 1 unspecified atom stereocenters. The Kier molecular flexibility index (Phi) is 8.11. The van der Waals surface area contributed by atoms with E-state index in [2.05, 4.69) is 4.98 Å². The van der Waals surface area contributed by atoms with Crippen molar-refractivity contribution in [3.8, 4) is 11.5 Å². The lowest BCUT2D eigenvalue weighted by molar-refractivity contribution is -0.132. The second-order valence-corrected chi connectivity index (χ2v) is 9.24. The first-order chi connectivity index (χ1) is 18.3. The van der Waals surface area contributed by atoms with Gasteiger partial charge < -0.3 is 19.3 Å². The SMILES string of the molecule is CCOC(=O)c1sc(N2C(=O)C(=O)/C(=C(/O)c3ccc(OCC)cc3)C2c2ccc(OCC)cc2)nc1C. The van der Waals surface area contributed by atoms with Gasteiger partial charge in [-0.3, -0.25) is 14.5 Å². The lowest BCUT2D eigenvalue weighted by Crippen LogP contribution is -2.29. The predicted octanol–water partition coefficient (Wildman–Crippen LogP) is 5.05. The van der Waals surface area contributed by atoms with E-state index in [-0.39, 0.29) is 27.9 Å². The number of rotatable bonds is 9. The Labute approximate surface area is 224 Å². The van der Waals surface area contributed by atoms with Crippen LogP contribution in [0.1, 0.15) is 53.3 Å². The van der Waals surface area contributed by atoms with Crippen molar-refractivity contribution in [1.82, 2.24) is 4.98 Å². The number of anilines is 1. The molecular formula is C28H28N2O7S. The van der Waals surface area contributed by atoms with E-state index < -0.39 is 23.7 Å². The monoisotopic (exact) mass is 536 g/mol. The number of thiazole rings is 1. The van der Waals surface area contributed by atoms with E-state index in [0.717, 1.165) is 11.3 Å². The summed E-state index contributed by atoms with van der Waals surface area (Å²) in [5, 5.41) is 11.5. The minimum atomic E-state index is -0.988. The number of aliphatic hydroxyl groups is 1. The van der Waals surface area contributed by atoms with Gasteiger partial charge >= 0.3 is 11.9 Å². The lowest BCUT2D eigenvalue weighted by atomic mass is 9.95. The number of hydrogen-bond donors (Lipinski definition) is 1. The Morgan fingerprint density at radius 2 is 1.53 bits per heavy atom. The van der Waals surface area contributed by atoms with Crippen LogP contribution in [-0.4, -0.2) is 47.6 Å². The third kappa shape index (κ3) is 5.12. The van der Waals surface area contributed by atoms with Crippen LogP contribution in [0.25, 0.3) is 5.76 Å². The second-order valence-electron chi connectivity index (χ2n) is 8.26. The van der Waals surface area contributed by atoms with Crippen LogP contribution in [0, 0.1) is 6.92 Å². The number of esters is 1. The highest BCUT2D eigenvalue weighted by atomic mass is 32.1. The highest BCUT2D eigenvalue weighted by Gasteiger charge is 2.48. The molecule has 1 aliphatic rings. The average Bonchev–Trinajstić information content (AvgIpc) is 3.42.